The summed E-state index contributed by atoms with van der Waals surface area (Å²) in [6, 6.07) is 19.2. The van der Waals surface area contributed by atoms with E-state index in [0.717, 1.165) is 43.6 Å². The maximum atomic E-state index is 14.6. The van der Waals surface area contributed by atoms with Crippen LogP contribution in [0.3, 0.4) is 0 Å². The molecular formula is C36H41N3O6. The van der Waals surface area contributed by atoms with Crippen LogP contribution in [0, 0.1) is 0 Å². The largest absolute Gasteiger partial charge is 0.463 e. The quantitative estimate of drug-likeness (QED) is 0.186. The Morgan fingerprint density at radius 2 is 1.29 bits per heavy atom. The molecule has 0 saturated heterocycles. The SMILES string of the molecule is CCOC(=O)/C=C(\C(=O)OCC)N1C(=O)c2ccccc2C12c1ccc(N(CC)CC)cc1Oc1cc(N(CC)CC)ccc12. The number of hydrogen-bond donors (Lipinski definition) is 0. The molecule has 0 unspecified atom stereocenters. The van der Waals surface area contributed by atoms with Crippen molar-refractivity contribution in [2.75, 3.05) is 49.2 Å². The average Bonchev–Trinajstić information content (AvgIpc) is 3.29. The first-order valence-electron chi connectivity index (χ1n) is 15.8. The van der Waals surface area contributed by atoms with Gasteiger partial charge in [0.25, 0.3) is 5.91 Å². The Labute approximate surface area is 265 Å². The monoisotopic (exact) mass is 611 g/mol. The first-order chi connectivity index (χ1) is 21.8. The van der Waals surface area contributed by atoms with E-state index in [1.54, 1.807) is 26.0 Å². The number of carbonyl (C=O) groups excluding carboxylic acids is 3. The Bertz CT molecular complexity index is 1580. The molecule has 9 nitrogen and oxygen atoms in total. The van der Waals surface area contributed by atoms with Gasteiger partial charge in [-0.1, -0.05) is 30.3 Å². The van der Waals surface area contributed by atoms with Gasteiger partial charge in [0.1, 0.15) is 22.7 Å². The van der Waals surface area contributed by atoms with Crippen molar-refractivity contribution in [3.05, 3.63) is 94.7 Å². The lowest BCUT2D eigenvalue weighted by Gasteiger charge is -2.44. The molecule has 0 bridgehead atoms. The molecule has 1 spiro atoms. The van der Waals surface area contributed by atoms with Crippen molar-refractivity contribution in [2.45, 2.75) is 47.1 Å². The van der Waals surface area contributed by atoms with Crippen LogP contribution in [-0.4, -0.2) is 62.1 Å². The maximum absolute atomic E-state index is 14.6. The lowest BCUT2D eigenvalue weighted by atomic mass is 9.74. The third kappa shape index (κ3) is 5.20. The van der Waals surface area contributed by atoms with Crippen LogP contribution in [0.4, 0.5) is 11.4 Å². The van der Waals surface area contributed by atoms with Gasteiger partial charge < -0.3 is 24.0 Å². The number of benzene rings is 3. The van der Waals surface area contributed by atoms with E-state index < -0.39 is 23.4 Å². The Balaban J connectivity index is 1.90. The van der Waals surface area contributed by atoms with Crippen LogP contribution in [0.25, 0.3) is 0 Å². The smallest absolute Gasteiger partial charge is 0.355 e. The number of hydrogen-bond acceptors (Lipinski definition) is 8. The number of anilines is 2. The standard InChI is InChI=1S/C36H41N3O6/c1-7-37(8-2)24-17-19-28-31(21-24)45-32-22-25(38(9-3)10-4)18-20-29(32)36(28)27-16-14-13-15-26(27)34(41)39(36)30(35(42)44-12-6)23-33(40)43-11-5/h13-23H,7-12H2,1-6H3/b30-23+. The zero-order chi connectivity index (χ0) is 32.3. The van der Waals surface area contributed by atoms with E-state index in [2.05, 4.69) is 37.5 Å². The first-order valence-corrected chi connectivity index (χ1v) is 15.8. The van der Waals surface area contributed by atoms with Crippen molar-refractivity contribution >= 4 is 29.2 Å². The van der Waals surface area contributed by atoms with Gasteiger partial charge in [-0.2, -0.15) is 0 Å². The summed E-state index contributed by atoms with van der Waals surface area (Å²) < 4.78 is 17.4. The summed E-state index contributed by atoms with van der Waals surface area (Å²) in [7, 11) is 0. The lowest BCUT2D eigenvalue weighted by molar-refractivity contribution is -0.142. The van der Waals surface area contributed by atoms with Crippen molar-refractivity contribution < 1.29 is 28.6 Å². The van der Waals surface area contributed by atoms with Gasteiger partial charge in [-0.15, -0.1) is 0 Å². The predicted molar refractivity (Wildman–Crippen MR) is 174 cm³/mol. The molecule has 2 heterocycles. The molecule has 9 heteroatoms. The average molecular weight is 612 g/mol. The van der Waals surface area contributed by atoms with E-state index in [-0.39, 0.29) is 18.9 Å². The number of carbonyl (C=O) groups is 3. The zero-order valence-corrected chi connectivity index (χ0v) is 26.9. The fraction of sp³-hybridized carbons (Fsp3) is 0.361. The maximum Gasteiger partial charge on any atom is 0.355 e. The fourth-order valence-electron chi connectivity index (χ4n) is 6.54. The van der Waals surface area contributed by atoms with Crippen LogP contribution in [0.1, 0.15) is 68.6 Å². The highest BCUT2D eigenvalue weighted by molar-refractivity contribution is 6.09. The van der Waals surface area contributed by atoms with E-state index in [1.807, 2.05) is 48.5 Å². The van der Waals surface area contributed by atoms with Crippen molar-refractivity contribution in [3.8, 4) is 11.5 Å². The fourth-order valence-corrected chi connectivity index (χ4v) is 6.54. The number of esters is 2. The van der Waals surface area contributed by atoms with Gasteiger partial charge in [0.05, 0.1) is 19.3 Å². The van der Waals surface area contributed by atoms with Gasteiger partial charge >= 0.3 is 11.9 Å². The van der Waals surface area contributed by atoms with Gasteiger partial charge in [-0.05, 0) is 59.7 Å². The molecule has 3 aromatic carbocycles. The van der Waals surface area contributed by atoms with E-state index in [4.69, 9.17) is 14.2 Å². The number of rotatable bonds is 11. The molecule has 0 aliphatic carbocycles. The summed E-state index contributed by atoms with van der Waals surface area (Å²) in [4.78, 5) is 47.1. The number of fused-ring (bicyclic) bond motifs is 6. The minimum Gasteiger partial charge on any atom is -0.463 e. The van der Waals surface area contributed by atoms with Crippen molar-refractivity contribution in [1.82, 2.24) is 4.90 Å². The summed E-state index contributed by atoms with van der Waals surface area (Å²) in [5, 5.41) is 0. The third-order valence-electron chi connectivity index (χ3n) is 8.54. The predicted octanol–water partition coefficient (Wildman–Crippen LogP) is 6.24. The minimum absolute atomic E-state index is 0.0533. The summed E-state index contributed by atoms with van der Waals surface area (Å²) in [5.74, 6) is -0.885. The van der Waals surface area contributed by atoms with E-state index in [0.29, 0.717) is 33.8 Å². The number of ether oxygens (including phenoxy) is 3. The number of nitrogens with zero attached hydrogens (tertiary/aromatic N) is 3. The summed E-state index contributed by atoms with van der Waals surface area (Å²) in [6.45, 7) is 15.1. The van der Waals surface area contributed by atoms with Crippen LogP contribution >= 0.6 is 0 Å². The molecule has 236 valence electrons. The Hall–Kier alpha value is -4.79. The molecule has 0 aromatic heterocycles. The van der Waals surface area contributed by atoms with Gasteiger partial charge in [-0.25, -0.2) is 9.59 Å². The highest BCUT2D eigenvalue weighted by Crippen LogP contribution is 2.59. The van der Waals surface area contributed by atoms with Crippen LogP contribution in [0.5, 0.6) is 11.5 Å². The molecule has 3 aromatic rings. The highest BCUT2D eigenvalue weighted by atomic mass is 16.5. The third-order valence-corrected chi connectivity index (χ3v) is 8.54. The molecule has 5 rings (SSSR count). The number of amides is 1. The van der Waals surface area contributed by atoms with Crippen LogP contribution < -0.4 is 14.5 Å². The summed E-state index contributed by atoms with van der Waals surface area (Å²) in [6.07, 6.45) is 1.07. The molecule has 1 amide bonds. The minimum atomic E-state index is -1.36. The van der Waals surface area contributed by atoms with Crippen molar-refractivity contribution in [3.63, 3.8) is 0 Å². The topological polar surface area (TPSA) is 88.6 Å². The van der Waals surface area contributed by atoms with Gasteiger partial charge in [-0.3, -0.25) is 9.69 Å². The second-order valence-corrected chi connectivity index (χ2v) is 10.7. The first kappa shape index (κ1) is 31.6. The Morgan fingerprint density at radius 1 is 0.756 bits per heavy atom. The molecular weight excluding hydrogens is 570 g/mol. The van der Waals surface area contributed by atoms with Gasteiger partial charge in [0, 0.05) is 71.9 Å². The Morgan fingerprint density at radius 3 is 1.80 bits per heavy atom. The molecule has 2 aliphatic heterocycles. The second kappa shape index (κ2) is 13.1. The molecule has 0 atom stereocenters. The normalized spacial score (nSPS) is 14.3. The molecule has 0 fully saturated rings. The molecule has 0 N–H and O–H groups in total. The summed E-state index contributed by atoms with van der Waals surface area (Å²) >= 11 is 0. The van der Waals surface area contributed by atoms with Crippen LogP contribution in [0.15, 0.2) is 72.4 Å². The van der Waals surface area contributed by atoms with Crippen LogP contribution in [0.2, 0.25) is 0 Å². The van der Waals surface area contributed by atoms with Crippen LogP contribution in [-0.2, 0) is 24.6 Å². The van der Waals surface area contributed by atoms with Crippen molar-refractivity contribution in [2.24, 2.45) is 0 Å². The second-order valence-electron chi connectivity index (χ2n) is 10.7. The molecule has 45 heavy (non-hydrogen) atoms. The zero-order valence-electron chi connectivity index (χ0n) is 26.9. The lowest BCUT2D eigenvalue weighted by Crippen LogP contribution is -2.48. The summed E-state index contributed by atoms with van der Waals surface area (Å²) in [5.41, 5.74) is 2.78. The van der Waals surface area contributed by atoms with E-state index >= 15 is 0 Å². The Kier molecular flexibility index (Phi) is 9.18. The van der Waals surface area contributed by atoms with Gasteiger partial charge in [0.15, 0.2) is 0 Å². The highest BCUT2D eigenvalue weighted by Gasteiger charge is 2.58. The van der Waals surface area contributed by atoms with E-state index in [1.165, 1.54) is 4.90 Å². The van der Waals surface area contributed by atoms with E-state index in [9.17, 15) is 14.4 Å². The van der Waals surface area contributed by atoms with Gasteiger partial charge in [0.2, 0.25) is 0 Å². The molecule has 2 aliphatic rings. The molecule has 0 radical (unpaired) electrons. The van der Waals surface area contributed by atoms with Crippen molar-refractivity contribution in [1.29, 1.82) is 0 Å². The molecule has 0 saturated carbocycles.